The SMILES string of the molecule is C=CC=Cc1cc(C=CC(=C)c2ccc3c(c2)C(C)(C)c2cc(N(C=CC=C(C=C)c4ccccc4)c4ccc(-c5ccccc5)cc4)ccc2-3)n(-c2ccc(-n3cc(C=CC=C)c(=CC=C)c3=C)cc2)c1. The number of aromatic nitrogens is 2. The van der Waals surface area contributed by atoms with Crippen molar-refractivity contribution in [2.75, 3.05) is 4.90 Å². The van der Waals surface area contributed by atoms with Crippen LogP contribution < -0.4 is 15.5 Å². The van der Waals surface area contributed by atoms with Crippen molar-refractivity contribution in [3.05, 3.63) is 307 Å². The van der Waals surface area contributed by atoms with Gasteiger partial charge in [0.2, 0.25) is 0 Å². The first-order chi connectivity index (χ1) is 35.1. The first-order valence-corrected chi connectivity index (χ1v) is 24.2. The Morgan fingerprint density at radius 1 is 0.569 bits per heavy atom. The molecule has 0 amide bonds. The molecule has 350 valence electrons. The van der Waals surface area contributed by atoms with Crippen LogP contribution in [0.2, 0.25) is 0 Å². The van der Waals surface area contributed by atoms with Gasteiger partial charge in [0.05, 0.1) is 0 Å². The molecule has 0 aliphatic heterocycles. The molecular formula is C69H59N3. The second kappa shape index (κ2) is 21.2. The van der Waals surface area contributed by atoms with Crippen LogP contribution in [0.3, 0.4) is 0 Å². The maximum atomic E-state index is 4.60. The summed E-state index contributed by atoms with van der Waals surface area (Å²) in [7, 11) is 0. The quantitative estimate of drug-likeness (QED) is 0.0830. The fraction of sp³-hybridized carbons (Fsp3) is 0.0435. The van der Waals surface area contributed by atoms with Crippen molar-refractivity contribution in [3.8, 4) is 33.6 Å². The minimum atomic E-state index is -0.270. The van der Waals surface area contributed by atoms with E-state index in [4.69, 9.17) is 0 Å². The first kappa shape index (κ1) is 47.9. The zero-order chi connectivity index (χ0) is 50.2. The topological polar surface area (TPSA) is 13.1 Å². The lowest BCUT2D eigenvalue weighted by Gasteiger charge is -2.26. The summed E-state index contributed by atoms with van der Waals surface area (Å²) in [6.07, 6.45) is 32.2. The summed E-state index contributed by atoms with van der Waals surface area (Å²) in [5.41, 5.74) is 18.7. The molecule has 0 atom stereocenters. The maximum absolute atomic E-state index is 4.60. The molecule has 0 fully saturated rings. The third kappa shape index (κ3) is 9.83. The van der Waals surface area contributed by atoms with E-state index in [-0.39, 0.29) is 5.41 Å². The van der Waals surface area contributed by atoms with Gasteiger partial charge in [-0.3, -0.25) is 0 Å². The predicted octanol–water partition coefficient (Wildman–Crippen LogP) is 16.7. The highest BCUT2D eigenvalue weighted by molar-refractivity contribution is 5.87. The predicted molar refractivity (Wildman–Crippen MR) is 313 cm³/mol. The summed E-state index contributed by atoms with van der Waals surface area (Å²) >= 11 is 0. The molecule has 3 nitrogen and oxygen atoms in total. The molecule has 0 unspecified atom stereocenters. The smallest absolute Gasteiger partial charge is 0.0462 e. The number of nitrogens with zero attached hydrogens (tertiary/aromatic N) is 3. The molecule has 0 N–H and O–H groups in total. The van der Waals surface area contributed by atoms with E-state index in [1.165, 1.54) is 33.4 Å². The van der Waals surface area contributed by atoms with Gasteiger partial charge in [0.15, 0.2) is 0 Å². The van der Waals surface area contributed by atoms with Crippen molar-refractivity contribution in [3.63, 3.8) is 0 Å². The molecule has 0 saturated carbocycles. The molecule has 0 radical (unpaired) electrons. The van der Waals surface area contributed by atoms with E-state index in [9.17, 15) is 0 Å². The molecular weight excluding hydrogens is 871 g/mol. The van der Waals surface area contributed by atoms with Crippen molar-refractivity contribution in [2.45, 2.75) is 19.3 Å². The van der Waals surface area contributed by atoms with Crippen LogP contribution in [-0.2, 0) is 5.41 Å². The van der Waals surface area contributed by atoms with Gasteiger partial charge in [-0.05, 0) is 134 Å². The fourth-order valence-electron chi connectivity index (χ4n) is 9.59. The molecule has 9 rings (SSSR count). The summed E-state index contributed by atoms with van der Waals surface area (Å²) < 4.78 is 4.32. The highest BCUT2D eigenvalue weighted by atomic mass is 15.1. The highest BCUT2D eigenvalue weighted by Gasteiger charge is 2.36. The van der Waals surface area contributed by atoms with Gasteiger partial charge >= 0.3 is 0 Å². The van der Waals surface area contributed by atoms with Crippen molar-refractivity contribution < 1.29 is 0 Å². The zero-order valence-electron chi connectivity index (χ0n) is 41.3. The van der Waals surface area contributed by atoms with Crippen LogP contribution in [-0.4, -0.2) is 9.13 Å². The Labute approximate surface area is 425 Å². The van der Waals surface area contributed by atoms with E-state index in [1.54, 1.807) is 18.2 Å². The second-order valence-corrected chi connectivity index (χ2v) is 18.3. The number of hydrogen-bond acceptors (Lipinski definition) is 1. The Morgan fingerprint density at radius 2 is 1.19 bits per heavy atom. The molecule has 0 spiro atoms. The van der Waals surface area contributed by atoms with Crippen molar-refractivity contribution in [1.82, 2.24) is 9.13 Å². The summed E-state index contributed by atoms with van der Waals surface area (Å²) in [5.74, 6) is 0. The van der Waals surface area contributed by atoms with Crippen LogP contribution >= 0.6 is 0 Å². The minimum absolute atomic E-state index is 0.270. The number of allylic oxidation sites excluding steroid dienone is 11. The molecule has 72 heavy (non-hydrogen) atoms. The fourth-order valence-corrected chi connectivity index (χ4v) is 9.59. The highest BCUT2D eigenvalue weighted by Crippen LogP contribution is 2.51. The van der Waals surface area contributed by atoms with Gasteiger partial charge < -0.3 is 14.0 Å². The largest absolute Gasteiger partial charge is 0.317 e. The van der Waals surface area contributed by atoms with Crippen LogP contribution in [0.1, 0.15) is 52.9 Å². The average Bonchev–Trinajstić information content (AvgIpc) is 4.05. The molecule has 1 aliphatic rings. The van der Waals surface area contributed by atoms with E-state index >= 15 is 0 Å². The lowest BCUT2D eigenvalue weighted by atomic mass is 9.81. The van der Waals surface area contributed by atoms with Gasteiger partial charge in [-0.25, -0.2) is 0 Å². The van der Waals surface area contributed by atoms with Gasteiger partial charge in [0, 0.05) is 68.6 Å². The average molecular weight is 930 g/mol. The third-order valence-electron chi connectivity index (χ3n) is 13.4. The van der Waals surface area contributed by atoms with Crippen LogP contribution in [0, 0.1) is 0 Å². The van der Waals surface area contributed by atoms with Crippen molar-refractivity contribution >= 4 is 53.4 Å². The summed E-state index contributed by atoms with van der Waals surface area (Å²) in [6.45, 7) is 29.4. The molecule has 2 aromatic heterocycles. The van der Waals surface area contributed by atoms with Gasteiger partial charge in [0.1, 0.15) is 0 Å². The number of benzene rings is 6. The summed E-state index contributed by atoms with van der Waals surface area (Å²) in [6, 6.07) is 54.1. The van der Waals surface area contributed by atoms with Gasteiger partial charge in [-0.15, -0.1) is 0 Å². The van der Waals surface area contributed by atoms with Crippen LogP contribution in [0.5, 0.6) is 0 Å². The monoisotopic (exact) mass is 929 g/mol. The second-order valence-electron chi connectivity index (χ2n) is 18.3. The lowest BCUT2D eigenvalue weighted by Crippen LogP contribution is -2.27. The number of anilines is 2. The van der Waals surface area contributed by atoms with Crippen LogP contribution in [0.25, 0.3) is 75.7 Å². The number of fused-ring (bicyclic) bond motifs is 3. The molecule has 0 saturated heterocycles. The molecule has 1 aliphatic carbocycles. The van der Waals surface area contributed by atoms with Crippen LogP contribution in [0.15, 0.2) is 258 Å². The van der Waals surface area contributed by atoms with E-state index in [0.29, 0.717) is 0 Å². The Balaban J connectivity index is 1.00. The third-order valence-corrected chi connectivity index (χ3v) is 13.4. The minimum Gasteiger partial charge on any atom is -0.317 e. The van der Waals surface area contributed by atoms with E-state index in [0.717, 1.165) is 72.4 Å². The lowest BCUT2D eigenvalue weighted by molar-refractivity contribution is 0.660. The summed E-state index contributed by atoms with van der Waals surface area (Å²) in [4.78, 5) is 2.27. The Hall–Kier alpha value is -9.18. The van der Waals surface area contributed by atoms with E-state index in [2.05, 4.69) is 262 Å². The van der Waals surface area contributed by atoms with Gasteiger partial charge in [0.25, 0.3) is 0 Å². The molecule has 6 aromatic carbocycles. The van der Waals surface area contributed by atoms with Crippen LogP contribution in [0.4, 0.5) is 11.4 Å². The summed E-state index contributed by atoms with van der Waals surface area (Å²) in [5, 5.41) is 1.92. The standard InChI is InChI=1S/C69H59N3/c1-9-13-23-52-45-62(72(48-52)61-39-37-60(38-40-61)71-49-58(24-14-10-2)64(22-11-3)51(71)6)34-30-50(5)57-33-42-65-66-43-41-63(47-68(66)69(7,8)67(65)46-57)70(44-21-29-53(12-4)54-25-17-15-18-26-54)59-35-31-56(32-36-59)55-27-19-16-20-28-55/h9-49H,1-6H2,7-8H3. The Morgan fingerprint density at radius 3 is 1.88 bits per heavy atom. The number of rotatable bonds is 17. The molecule has 8 aromatic rings. The van der Waals surface area contributed by atoms with Gasteiger partial charge in [-0.2, -0.15) is 0 Å². The van der Waals surface area contributed by atoms with E-state index in [1.807, 2.05) is 36.4 Å². The van der Waals surface area contributed by atoms with Crippen molar-refractivity contribution in [1.29, 1.82) is 0 Å². The van der Waals surface area contributed by atoms with E-state index < -0.39 is 0 Å². The zero-order valence-corrected chi connectivity index (χ0v) is 41.3. The van der Waals surface area contributed by atoms with Gasteiger partial charge in [-0.1, -0.05) is 211 Å². The number of hydrogen-bond donors (Lipinski definition) is 0. The molecule has 2 heterocycles. The Bertz CT molecular complexity index is 3620. The Kier molecular flexibility index (Phi) is 14.1. The first-order valence-electron chi connectivity index (χ1n) is 24.2. The van der Waals surface area contributed by atoms with Crippen molar-refractivity contribution in [2.24, 2.45) is 0 Å². The molecule has 0 bridgehead atoms. The normalized spacial score (nSPS) is 13.2. The molecule has 3 heteroatoms. The maximum Gasteiger partial charge on any atom is 0.0462 e.